The minimum absolute atomic E-state index is 0.0544. The van der Waals surface area contributed by atoms with Crippen LogP contribution in [0, 0.1) is 0 Å². The number of carbonyl (C=O) groups is 1. The summed E-state index contributed by atoms with van der Waals surface area (Å²) in [6, 6.07) is 9.33. The third-order valence-electron chi connectivity index (χ3n) is 1.79. The van der Waals surface area contributed by atoms with Gasteiger partial charge in [0, 0.05) is 11.1 Å². The van der Waals surface area contributed by atoms with Crippen LogP contribution in [0.5, 0.6) is 0 Å². The Kier molecular flexibility index (Phi) is 3.53. The number of nitrogens with zero attached hydrogens (tertiary/aromatic N) is 1. The monoisotopic (exact) mass is 303 g/mol. The van der Waals surface area contributed by atoms with Crippen LogP contribution in [0.2, 0.25) is 0 Å². The molecular formula is C11H14INO. The third kappa shape index (κ3) is 2.70. The van der Waals surface area contributed by atoms with E-state index in [1.807, 2.05) is 51.1 Å². The zero-order chi connectivity index (χ0) is 10.8. The van der Waals surface area contributed by atoms with Crippen LogP contribution in [-0.4, -0.2) is 14.6 Å². The van der Waals surface area contributed by atoms with Gasteiger partial charge in [-0.3, -0.25) is 7.91 Å². The van der Waals surface area contributed by atoms with Gasteiger partial charge in [0.1, 0.15) is 0 Å². The van der Waals surface area contributed by atoms with E-state index >= 15 is 0 Å². The van der Waals surface area contributed by atoms with Gasteiger partial charge in [0.15, 0.2) is 0 Å². The van der Waals surface area contributed by atoms with Gasteiger partial charge in [-0.2, -0.15) is 0 Å². The Balaban J connectivity index is 2.87. The molecule has 0 atom stereocenters. The van der Waals surface area contributed by atoms with Crippen LogP contribution in [0.4, 0.5) is 0 Å². The van der Waals surface area contributed by atoms with Gasteiger partial charge in [0.05, 0.1) is 22.9 Å². The molecule has 0 aliphatic heterocycles. The minimum atomic E-state index is -0.145. The van der Waals surface area contributed by atoms with Crippen molar-refractivity contribution in [3.63, 3.8) is 0 Å². The van der Waals surface area contributed by atoms with Crippen LogP contribution in [0.25, 0.3) is 0 Å². The summed E-state index contributed by atoms with van der Waals surface area (Å²) in [4.78, 5) is 11.9. The van der Waals surface area contributed by atoms with Gasteiger partial charge < -0.3 is 0 Å². The van der Waals surface area contributed by atoms with E-state index in [0.717, 1.165) is 5.56 Å². The maximum absolute atomic E-state index is 11.9. The summed E-state index contributed by atoms with van der Waals surface area (Å²) in [5, 5.41) is 0. The summed E-state index contributed by atoms with van der Waals surface area (Å²) in [5.41, 5.74) is 0.588. The molecule has 0 fully saturated rings. The number of amides is 1. The van der Waals surface area contributed by atoms with E-state index in [1.54, 1.807) is 3.11 Å². The zero-order valence-electron chi connectivity index (χ0n) is 8.62. The topological polar surface area (TPSA) is 20.3 Å². The van der Waals surface area contributed by atoms with Crippen LogP contribution in [0.3, 0.4) is 0 Å². The molecule has 0 aliphatic rings. The van der Waals surface area contributed by atoms with Gasteiger partial charge in [-0.05, 0) is 32.9 Å². The average Bonchev–Trinajstić information content (AvgIpc) is 2.15. The van der Waals surface area contributed by atoms with Crippen molar-refractivity contribution in [3.05, 3.63) is 35.9 Å². The molecule has 2 nitrogen and oxygen atoms in total. The number of benzene rings is 1. The van der Waals surface area contributed by atoms with Crippen molar-refractivity contribution in [2.45, 2.75) is 26.3 Å². The first-order chi connectivity index (χ1) is 6.43. The van der Waals surface area contributed by atoms with E-state index in [2.05, 4.69) is 22.9 Å². The predicted octanol–water partition coefficient (Wildman–Crippen LogP) is 3.28. The first-order valence-corrected chi connectivity index (χ1v) is 5.45. The summed E-state index contributed by atoms with van der Waals surface area (Å²) in [6.45, 7) is 6.04. The summed E-state index contributed by atoms with van der Waals surface area (Å²) >= 11 is 2.06. The fraction of sp³-hybridized carbons (Fsp3) is 0.364. The zero-order valence-corrected chi connectivity index (χ0v) is 10.8. The lowest BCUT2D eigenvalue weighted by Gasteiger charge is -2.29. The lowest BCUT2D eigenvalue weighted by molar-refractivity contribution is 0.0819. The molecule has 0 aromatic heterocycles. The fourth-order valence-electron chi connectivity index (χ4n) is 0.999. The van der Waals surface area contributed by atoms with Crippen molar-refractivity contribution in [2.75, 3.05) is 0 Å². The predicted molar refractivity (Wildman–Crippen MR) is 66.4 cm³/mol. The number of hydrogen-bond acceptors (Lipinski definition) is 1. The molecule has 14 heavy (non-hydrogen) atoms. The molecular weight excluding hydrogens is 289 g/mol. The molecule has 0 unspecified atom stereocenters. The van der Waals surface area contributed by atoms with Gasteiger partial charge in [-0.1, -0.05) is 18.2 Å². The summed E-state index contributed by atoms with van der Waals surface area (Å²) < 4.78 is 1.72. The van der Waals surface area contributed by atoms with E-state index < -0.39 is 0 Å². The second-order valence-electron chi connectivity index (χ2n) is 4.12. The molecule has 1 aromatic rings. The van der Waals surface area contributed by atoms with Crippen LogP contribution in [-0.2, 0) is 0 Å². The normalized spacial score (nSPS) is 11.1. The van der Waals surface area contributed by atoms with E-state index in [4.69, 9.17) is 0 Å². The van der Waals surface area contributed by atoms with Crippen molar-refractivity contribution in [2.24, 2.45) is 0 Å². The molecule has 1 rings (SSSR count). The Morgan fingerprint density at radius 3 is 2.14 bits per heavy atom. The molecule has 1 amide bonds. The highest BCUT2D eigenvalue weighted by molar-refractivity contribution is 14.1. The third-order valence-corrected chi connectivity index (χ3v) is 3.67. The highest BCUT2D eigenvalue weighted by atomic mass is 127. The Bertz CT molecular complexity index is 316. The van der Waals surface area contributed by atoms with Gasteiger partial charge >= 0.3 is 0 Å². The second kappa shape index (κ2) is 4.29. The Morgan fingerprint density at radius 2 is 1.71 bits per heavy atom. The van der Waals surface area contributed by atoms with Crippen molar-refractivity contribution in [1.82, 2.24) is 3.11 Å². The van der Waals surface area contributed by atoms with E-state index in [-0.39, 0.29) is 11.4 Å². The standard InChI is InChI=1S/C11H14INO/c1-11(2,3)13(12)10(14)9-7-5-4-6-8-9/h4-8H,1-3H3. The van der Waals surface area contributed by atoms with E-state index in [9.17, 15) is 4.79 Å². The molecule has 1 aromatic carbocycles. The molecule has 76 valence electrons. The Hall–Kier alpha value is -0.580. The number of carbonyl (C=O) groups excluding carboxylic acids is 1. The first kappa shape index (κ1) is 11.5. The van der Waals surface area contributed by atoms with Gasteiger partial charge in [-0.15, -0.1) is 0 Å². The quantitative estimate of drug-likeness (QED) is 0.576. The number of rotatable bonds is 1. The molecule has 0 radical (unpaired) electrons. The van der Waals surface area contributed by atoms with Crippen LogP contribution >= 0.6 is 22.9 Å². The molecule has 0 bridgehead atoms. The van der Waals surface area contributed by atoms with Crippen molar-refractivity contribution >= 4 is 28.8 Å². The van der Waals surface area contributed by atoms with Gasteiger partial charge in [0.2, 0.25) is 0 Å². The lowest BCUT2D eigenvalue weighted by atomic mass is 10.1. The van der Waals surface area contributed by atoms with E-state index in [1.165, 1.54) is 0 Å². The van der Waals surface area contributed by atoms with Crippen LogP contribution < -0.4 is 0 Å². The molecule has 0 N–H and O–H groups in total. The number of halogens is 1. The van der Waals surface area contributed by atoms with Crippen molar-refractivity contribution in [1.29, 1.82) is 0 Å². The first-order valence-electron chi connectivity index (χ1n) is 4.48. The summed E-state index contributed by atoms with van der Waals surface area (Å²) in [6.07, 6.45) is 0. The van der Waals surface area contributed by atoms with Crippen molar-refractivity contribution in [3.8, 4) is 0 Å². The lowest BCUT2D eigenvalue weighted by Crippen LogP contribution is -2.37. The second-order valence-corrected chi connectivity index (χ2v) is 5.09. The summed E-state index contributed by atoms with van der Waals surface area (Å²) in [7, 11) is 0. The maximum atomic E-state index is 11.9. The fourth-order valence-corrected chi connectivity index (χ4v) is 1.28. The van der Waals surface area contributed by atoms with E-state index in [0.29, 0.717) is 0 Å². The number of hydrogen-bond donors (Lipinski definition) is 0. The summed E-state index contributed by atoms with van der Waals surface area (Å²) in [5.74, 6) is 0.0544. The smallest absolute Gasteiger partial charge is 0.262 e. The largest absolute Gasteiger partial charge is 0.276 e. The van der Waals surface area contributed by atoms with Gasteiger partial charge in [-0.25, -0.2) is 0 Å². The van der Waals surface area contributed by atoms with Crippen LogP contribution in [0.15, 0.2) is 30.3 Å². The molecule has 0 heterocycles. The Morgan fingerprint density at radius 1 is 1.21 bits per heavy atom. The van der Waals surface area contributed by atoms with Gasteiger partial charge in [0.25, 0.3) is 5.91 Å². The van der Waals surface area contributed by atoms with Crippen molar-refractivity contribution < 1.29 is 4.79 Å². The molecule has 0 spiro atoms. The molecule has 0 saturated carbocycles. The minimum Gasteiger partial charge on any atom is -0.276 e. The molecule has 0 saturated heterocycles. The molecule has 0 aliphatic carbocycles. The Labute approximate surface area is 98.8 Å². The molecule has 3 heteroatoms. The highest BCUT2D eigenvalue weighted by Gasteiger charge is 2.24. The highest BCUT2D eigenvalue weighted by Crippen LogP contribution is 2.21. The van der Waals surface area contributed by atoms with Crippen LogP contribution in [0.1, 0.15) is 31.1 Å². The SMILES string of the molecule is CC(C)(C)N(I)C(=O)c1ccccc1. The maximum Gasteiger partial charge on any atom is 0.262 e. The average molecular weight is 303 g/mol.